The predicted molar refractivity (Wildman–Crippen MR) is 60.2 cm³/mol. The van der Waals surface area contributed by atoms with Gasteiger partial charge in [0, 0.05) is 0 Å². The molecule has 1 heterocycles. The van der Waals surface area contributed by atoms with E-state index in [9.17, 15) is 13.5 Å². The molecule has 1 aliphatic heterocycles. The van der Waals surface area contributed by atoms with Crippen LogP contribution in [-0.4, -0.2) is 36.8 Å². The zero-order valence-corrected chi connectivity index (χ0v) is 9.55. The van der Waals surface area contributed by atoms with Gasteiger partial charge < -0.3 is 5.11 Å². The first-order valence-electron chi connectivity index (χ1n) is 4.85. The van der Waals surface area contributed by atoms with Crippen molar-refractivity contribution in [2.75, 3.05) is 6.54 Å². The Morgan fingerprint density at radius 1 is 1.44 bits per heavy atom. The number of hydrogen-bond donors (Lipinski definition) is 1. The van der Waals surface area contributed by atoms with E-state index >= 15 is 0 Å². The van der Waals surface area contributed by atoms with Crippen LogP contribution in [-0.2, 0) is 10.0 Å². The van der Waals surface area contributed by atoms with Crippen LogP contribution in [0.25, 0.3) is 0 Å². The van der Waals surface area contributed by atoms with Gasteiger partial charge in [0.1, 0.15) is 11.2 Å². The van der Waals surface area contributed by atoms with Gasteiger partial charge in [0.2, 0.25) is 0 Å². The molecule has 0 radical (unpaired) electrons. The summed E-state index contributed by atoms with van der Waals surface area (Å²) in [7, 11) is -3.55. The third kappa shape index (κ3) is 1.81. The molecule has 86 valence electrons. The number of aliphatic imine (C=N–C) groups is 1. The van der Waals surface area contributed by atoms with Crippen molar-refractivity contribution in [3.63, 3.8) is 0 Å². The van der Waals surface area contributed by atoms with Crippen molar-refractivity contribution < 1.29 is 13.5 Å². The second-order valence-electron chi connectivity index (χ2n) is 3.64. The first-order chi connectivity index (χ1) is 7.51. The van der Waals surface area contributed by atoms with E-state index in [1.165, 1.54) is 19.3 Å². The summed E-state index contributed by atoms with van der Waals surface area (Å²) in [6.07, 6.45) is 0.510. The smallest absolute Gasteiger partial charge is 0.267 e. The minimum atomic E-state index is -3.55. The number of aliphatic hydroxyl groups excluding tert-OH is 1. The molecule has 1 unspecified atom stereocenters. The van der Waals surface area contributed by atoms with Crippen molar-refractivity contribution in [3.8, 4) is 0 Å². The monoisotopic (exact) mass is 240 g/mol. The third-order valence-electron chi connectivity index (χ3n) is 2.22. The van der Waals surface area contributed by atoms with Crippen LogP contribution in [0.15, 0.2) is 34.2 Å². The molecule has 0 saturated carbocycles. The highest BCUT2D eigenvalue weighted by atomic mass is 32.2. The molecule has 1 atom stereocenters. The number of β-amino-alcohol motifs (C(OH)–C–C–N with tert-alkyl or cyclic N) is 1. The highest BCUT2D eigenvalue weighted by Crippen LogP contribution is 2.29. The van der Waals surface area contributed by atoms with Crippen molar-refractivity contribution in [1.82, 2.24) is 4.31 Å². The van der Waals surface area contributed by atoms with E-state index in [0.29, 0.717) is 5.69 Å². The second-order valence-corrected chi connectivity index (χ2v) is 5.50. The van der Waals surface area contributed by atoms with E-state index in [1.54, 1.807) is 18.2 Å². The zero-order chi connectivity index (χ0) is 11.8. The first-order valence-corrected chi connectivity index (χ1v) is 6.29. The van der Waals surface area contributed by atoms with Crippen LogP contribution in [0.2, 0.25) is 0 Å². The van der Waals surface area contributed by atoms with Crippen molar-refractivity contribution in [2.45, 2.75) is 17.9 Å². The standard InChI is InChI=1S/C10H12N2O3S/c1-8(13)6-12-7-11-9-4-2-3-5-10(9)16(12,14)15/h2-5,7-8,13H,6H2,1H3. The molecule has 0 aliphatic carbocycles. The molecule has 0 bridgehead atoms. The number of para-hydroxylation sites is 1. The normalized spacial score (nSPS) is 19.2. The van der Waals surface area contributed by atoms with E-state index in [2.05, 4.69) is 4.99 Å². The van der Waals surface area contributed by atoms with Crippen LogP contribution in [0.5, 0.6) is 0 Å². The Hall–Kier alpha value is -1.40. The van der Waals surface area contributed by atoms with Gasteiger partial charge in [-0.2, -0.15) is 0 Å². The van der Waals surface area contributed by atoms with E-state index < -0.39 is 16.1 Å². The summed E-state index contributed by atoms with van der Waals surface area (Å²) in [5.74, 6) is 0. The van der Waals surface area contributed by atoms with Crippen molar-refractivity contribution in [2.24, 2.45) is 4.99 Å². The van der Waals surface area contributed by atoms with E-state index in [4.69, 9.17) is 0 Å². The Bertz CT molecular complexity index is 523. The number of nitrogens with zero attached hydrogens (tertiary/aromatic N) is 2. The largest absolute Gasteiger partial charge is 0.392 e. The summed E-state index contributed by atoms with van der Waals surface area (Å²) in [5, 5.41) is 9.22. The van der Waals surface area contributed by atoms with Crippen LogP contribution in [0, 0.1) is 0 Å². The Kier molecular flexibility index (Phi) is 2.69. The lowest BCUT2D eigenvalue weighted by atomic mass is 10.3. The number of fused-ring (bicyclic) bond motifs is 1. The fourth-order valence-electron chi connectivity index (χ4n) is 1.50. The quantitative estimate of drug-likeness (QED) is 0.828. The molecule has 0 aromatic heterocycles. The Morgan fingerprint density at radius 2 is 2.12 bits per heavy atom. The predicted octanol–water partition coefficient (Wildman–Crippen LogP) is 0.732. The van der Waals surface area contributed by atoms with Gasteiger partial charge in [0.15, 0.2) is 0 Å². The summed E-state index contributed by atoms with van der Waals surface area (Å²) in [6.45, 7) is 1.55. The Labute approximate surface area is 94.1 Å². The molecule has 0 amide bonds. The van der Waals surface area contributed by atoms with Crippen LogP contribution < -0.4 is 0 Å². The van der Waals surface area contributed by atoms with Crippen LogP contribution in [0.3, 0.4) is 0 Å². The van der Waals surface area contributed by atoms with Crippen LogP contribution in [0.4, 0.5) is 5.69 Å². The van der Waals surface area contributed by atoms with Gasteiger partial charge in [0.05, 0.1) is 18.3 Å². The fourth-order valence-corrected chi connectivity index (χ4v) is 2.97. The maximum absolute atomic E-state index is 12.1. The summed E-state index contributed by atoms with van der Waals surface area (Å²) in [5.41, 5.74) is 0.435. The van der Waals surface area contributed by atoms with E-state index in [-0.39, 0.29) is 11.4 Å². The van der Waals surface area contributed by atoms with Gasteiger partial charge in [-0.1, -0.05) is 12.1 Å². The SMILES string of the molecule is CC(O)CN1C=Nc2ccccc2S1(=O)=O. The van der Waals surface area contributed by atoms with Crippen molar-refractivity contribution in [1.29, 1.82) is 0 Å². The molecule has 1 aromatic rings. The maximum Gasteiger partial charge on any atom is 0.267 e. The zero-order valence-electron chi connectivity index (χ0n) is 8.74. The van der Waals surface area contributed by atoms with E-state index in [0.717, 1.165) is 4.31 Å². The Balaban J connectivity index is 2.46. The number of rotatable bonds is 2. The fraction of sp³-hybridized carbons (Fsp3) is 0.300. The molecule has 0 spiro atoms. The summed E-state index contributed by atoms with van der Waals surface area (Å²) in [6, 6.07) is 6.53. The number of hydrogen-bond acceptors (Lipinski definition) is 4. The lowest BCUT2D eigenvalue weighted by Gasteiger charge is -2.24. The van der Waals surface area contributed by atoms with Gasteiger partial charge in [-0.3, -0.25) is 4.31 Å². The lowest BCUT2D eigenvalue weighted by molar-refractivity contribution is 0.181. The minimum Gasteiger partial charge on any atom is -0.392 e. The van der Waals surface area contributed by atoms with Crippen LogP contribution >= 0.6 is 0 Å². The topological polar surface area (TPSA) is 70.0 Å². The van der Waals surface area contributed by atoms with Gasteiger partial charge in [-0.05, 0) is 19.1 Å². The maximum atomic E-state index is 12.1. The molecule has 0 fully saturated rings. The average Bonchev–Trinajstić information content (AvgIpc) is 2.22. The number of sulfonamides is 1. The minimum absolute atomic E-state index is 0.0141. The molecular weight excluding hydrogens is 228 g/mol. The number of benzene rings is 1. The summed E-state index contributed by atoms with van der Waals surface area (Å²) >= 11 is 0. The Morgan fingerprint density at radius 3 is 2.81 bits per heavy atom. The van der Waals surface area contributed by atoms with Gasteiger partial charge in [-0.25, -0.2) is 13.4 Å². The molecule has 6 heteroatoms. The lowest BCUT2D eigenvalue weighted by Crippen LogP contribution is -2.37. The van der Waals surface area contributed by atoms with Crippen molar-refractivity contribution in [3.05, 3.63) is 24.3 Å². The third-order valence-corrected chi connectivity index (χ3v) is 3.98. The molecule has 1 aliphatic rings. The molecule has 1 N–H and O–H groups in total. The van der Waals surface area contributed by atoms with Crippen LogP contribution in [0.1, 0.15) is 6.92 Å². The molecule has 2 rings (SSSR count). The van der Waals surface area contributed by atoms with Gasteiger partial charge in [-0.15, -0.1) is 0 Å². The second kappa shape index (κ2) is 3.88. The summed E-state index contributed by atoms with van der Waals surface area (Å²) < 4.78 is 25.2. The molecule has 1 aromatic carbocycles. The first kappa shape index (κ1) is 11.1. The molecule has 5 nitrogen and oxygen atoms in total. The molecule has 0 saturated heterocycles. The highest BCUT2D eigenvalue weighted by molar-refractivity contribution is 7.89. The van der Waals surface area contributed by atoms with Crippen molar-refractivity contribution >= 4 is 22.0 Å². The van der Waals surface area contributed by atoms with E-state index in [1.807, 2.05) is 0 Å². The highest BCUT2D eigenvalue weighted by Gasteiger charge is 2.28. The average molecular weight is 240 g/mol. The van der Waals surface area contributed by atoms with Gasteiger partial charge >= 0.3 is 0 Å². The molecular formula is C10H12N2O3S. The van der Waals surface area contributed by atoms with Gasteiger partial charge in [0.25, 0.3) is 10.0 Å². The number of aliphatic hydroxyl groups is 1. The summed E-state index contributed by atoms with van der Waals surface area (Å²) in [4.78, 5) is 4.21. The molecule has 16 heavy (non-hydrogen) atoms.